The van der Waals surface area contributed by atoms with E-state index in [2.05, 4.69) is 21.2 Å². The largest absolute Gasteiger partial charge is 0.466 e. The van der Waals surface area contributed by atoms with Crippen LogP contribution in [-0.2, 0) is 14.3 Å². The predicted octanol–water partition coefficient (Wildman–Crippen LogP) is 3.06. The Hall–Kier alpha value is -1.69. The van der Waals surface area contributed by atoms with Gasteiger partial charge in [-0.1, -0.05) is 15.9 Å². The molecule has 0 aliphatic rings. The zero-order valence-corrected chi connectivity index (χ0v) is 13.3. The monoisotopic (exact) mass is 357 g/mol. The van der Waals surface area contributed by atoms with Crippen molar-refractivity contribution in [1.29, 1.82) is 0 Å². The summed E-state index contributed by atoms with van der Waals surface area (Å²) in [6, 6.07) is 4.49. The molecule has 0 aliphatic carbocycles. The van der Waals surface area contributed by atoms with E-state index in [1.165, 1.54) is 18.2 Å². The number of hydrogen-bond acceptors (Lipinski definition) is 3. The average molecular weight is 358 g/mol. The molecule has 1 aromatic carbocycles. The standard InChI is InChI=1S/C15H17BrFNO3/c1-2-21-15(20)4-3-9-18-14(19)8-5-11-10-12(16)6-7-13(11)17/h5-8,10H,2-4,9H2,1H3,(H,18,19). The molecule has 1 rings (SSSR count). The summed E-state index contributed by atoms with van der Waals surface area (Å²) in [5.41, 5.74) is 0.325. The van der Waals surface area contributed by atoms with Crippen LogP contribution in [0.3, 0.4) is 0 Å². The minimum atomic E-state index is -0.399. The van der Waals surface area contributed by atoms with Crippen molar-refractivity contribution in [3.05, 3.63) is 40.1 Å². The Morgan fingerprint density at radius 2 is 2.19 bits per heavy atom. The summed E-state index contributed by atoms with van der Waals surface area (Å²) in [6.45, 7) is 2.46. The molecule has 0 radical (unpaired) electrons. The van der Waals surface area contributed by atoms with Crippen molar-refractivity contribution in [2.45, 2.75) is 19.8 Å². The van der Waals surface area contributed by atoms with E-state index in [0.29, 0.717) is 25.1 Å². The fraction of sp³-hybridized carbons (Fsp3) is 0.333. The van der Waals surface area contributed by atoms with E-state index in [0.717, 1.165) is 4.47 Å². The highest BCUT2D eigenvalue weighted by Gasteiger charge is 2.03. The number of halogens is 2. The molecule has 0 unspecified atom stereocenters. The SMILES string of the molecule is CCOC(=O)CCCNC(=O)C=Cc1cc(Br)ccc1F. The van der Waals surface area contributed by atoms with Crippen LogP contribution in [0.25, 0.3) is 6.08 Å². The quantitative estimate of drug-likeness (QED) is 0.463. The Kier molecular flexibility index (Phi) is 7.68. The van der Waals surface area contributed by atoms with Crippen molar-refractivity contribution in [2.24, 2.45) is 0 Å². The van der Waals surface area contributed by atoms with Gasteiger partial charge >= 0.3 is 5.97 Å². The van der Waals surface area contributed by atoms with E-state index < -0.39 is 5.82 Å². The first-order valence-corrected chi connectivity index (χ1v) is 7.38. The molecule has 0 bridgehead atoms. The second-order valence-electron chi connectivity index (χ2n) is 4.20. The molecule has 1 N–H and O–H groups in total. The van der Waals surface area contributed by atoms with Gasteiger partial charge in [-0.3, -0.25) is 9.59 Å². The summed E-state index contributed by atoms with van der Waals surface area (Å²) >= 11 is 3.24. The Morgan fingerprint density at radius 3 is 2.90 bits per heavy atom. The number of amides is 1. The van der Waals surface area contributed by atoms with Crippen LogP contribution >= 0.6 is 15.9 Å². The number of carbonyl (C=O) groups is 2. The minimum absolute atomic E-state index is 0.262. The third-order valence-corrected chi connectivity index (χ3v) is 3.03. The summed E-state index contributed by atoms with van der Waals surface area (Å²) in [4.78, 5) is 22.6. The molecule has 0 atom stereocenters. The number of carbonyl (C=O) groups excluding carboxylic acids is 2. The molecule has 1 amide bonds. The normalized spacial score (nSPS) is 10.6. The Bertz CT molecular complexity index is 532. The smallest absolute Gasteiger partial charge is 0.305 e. The number of rotatable bonds is 7. The zero-order valence-electron chi connectivity index (χ0n) is 11.7. The van der Waals surface area contributed by atoms with Crippen LogP contribution in [0.2, 0.25) is 0 Å². The van der Waals surface area contributed by atoms with Gasteiger partial charge in [-0.25, -0.2) is 4.39 Å². The maximum absolute atomic E-state index is 13.4. The molecule has 0 spiro atoms. The van der Waals surface area contributed by atoms with Crippen molar-refractivity contribution in [2.75, 3.05) is 13.2 Å². The van der Waals surface area contributed by atoms with Gasteiger partial charge in [0.1, 0.15) is 5.82 Å². The van der Waals surface area contributed by atoms with Gasteiger partial charge in [0, 0.05) is 29.1 Å². The predicted molar refractivity (Wildman–Crippen MR) is 82.0 cm³/mol. The number of hydrogen-bond donors (Lipinski definition) is 1. The molecule has 0 aromatic heterocycles. The minimum Gasteiger partial charge on any atom is -0.466 e. The van der Waals surface area contributed by atoms with E-state index in [1.54, 1.807) is 19.1 Å². The number of nitrogens with one attached hydrogen (secondary N) is 1. The van der Waals surface area contributed by atoms with E-state index >= 15 is 0 Å². The number of benzene rings is 1. The third-order valence-electron chi connectivity index (χ3n) is 2.53. The number of esters is 1. The van der Waals surface area contributed by atoms with Crippen LogP contribution in [0.4, 0.5) is 4.39 Å². The molecule has 0 heterocycles. The van der Waals surface area contributed by atoms with Gasteiger partial charge in [0.25, 0.3) is 0 Å². The van der Waals surface area contributed by atoms with Crippen LogP contribution in [0.1, 0.15) is 25.3 Å². The first-order valence-electron chi connectivity index (χ1n) is 6.59. The molecule has 0 saturated heterocycles. The van der Waals surface area contributed by atoms with E-state index in [9.17, 15) is 14.0 Å². The molecule has 21 heavy (non-hydrogen) atoms. The van der Waals surface area contributed by atoms with Crippen molar-refractivity contribution in [3.63, 3.8) is 0 Å². The van der Waals surface area contributed by atoms with Crippen molar-refractivity contribution >= 4 is 33.9 Å². The summed E-state index contributed by atoms with van der Waals surface area (Å²) in [6.07, 6.45) is 3.43. The van der Waals surface area contributed by atoms with Gasteiger partial charge in [-0.2, -0.15) is 0 Å². The summed E-state index contributed by atoms with van der Waals surface area (Å²) in [5.74, 6) is -1.01. The van der Waals surface area contributed by atoms with Gasteiger partial charge in [-0.15, -0.1) is 0 Å². The lowest BCUT2D eigenvalue weighted by Crippen LogP contribution is -2.22. The first kappa shape index (κ1) is 17.4. The van der Waals surface area contributed by atoms with Crippen LogP contribution in [-0.4, -0.2) is 25.0 Å². The van der Waals surface area contributed by atoms with E-state index in [1.807, 2.05) is 0 Å². The van der Waals surface area contributed by atoms with Crippen LogP contribution in [0.15, 0.2) is 28.7 Å². The molecule has 4 nitrogen and oxygen atoms in total. The summed E-state index contributed by atoms with van der Waals surface area (Å²) in [5, 5.41) is 2.62. The Balaban J connectivity index is 2.35. The van der Waals surface area contributed by atoms with Gasteiger partial charge < -0.3 is 10.1 Å². The van der Waals surface area contributed by atoms with Crippen LogP contribution < -0.4 is 5.32 Å². The molecular formula is C15H17BrFNO3. The average Bonchev–Trinajstić information content (AvgIpc) is 2.45. The lowest BCUT2D eigenvalue weighted by molar-refractivity contribution is -0.143. The third kappa shape index (κ3) is 7.04. The van der Waals surface area contributed by atoms with Crippen molar-refractivity contribution in [1.82, 2.24) is 5.32 Å². The molecule has 0 fully saturated rings. The molecule has 0 aliphatic heterocycles. The maximum Gasteiger partial charge on any atom is 0.305 e. The molecule has 0 saturated carbocycles. The second kappa shape index (κ2) is 9.28. The highest BCUT2D eigenvalue weighted by molar-refractivity contribution is 9.10. The van der Waals surface area contributed by atoms with Crippen molar-refractivity contribution in [3.8, 4) is 0 Å². The summed E-state index contributed by atoms with van der Waals surface area (Å²) < 4.78 is 18.9. The second-order valence-corrected chi connectivity index (χ2v) is 5.11. The van der Waals surface area contributed by atoms with E-state index in [4.69, 9.17) is 4.74 Å². The summed E-state index contributed by atoms with van der Waals surface area (Å²) in [7, 11) is 0. The molecule has 1 aromatic rings. The van der Waals surface area contributed by atoms with Gasteiger partial charge in [0.2, 0.25) is 5.91 Å². The van der Waals surface area contributed by atoms with Crippen molar-refractivity contribution < 1.29 is 18.7 Å². The Morgan fingerprint density at radius 1 is 1.43 bits per heavy atom. The number of ether oxygens (including phenoxy) is 1. The lowest BCUT2D eigenvalue weighted by atomic mass is 10.2. The fourth-order valence-corrected chi connectivity index (χ4v) is 1.92. The fourth-order valence-electron chi connectivity index (χ4n) is 1.54. The topological polar surface area (TPSA) is 55.4 Å². The van der Waals surface area contributed by atoms with Gasteiger partial charge in [-0.05, 0) is 37.6 Å². The molecular weight excluding hydrogens is 341 g/mol. The van der Waals surface area contributed by atoms with Crippen LogP contribution in [0.5, 0.6) is 0 Å². The molecule has 6 heteroatoms. The lowest BCUT2D eigenvalue weighted by Gasteiger charge is -2.03. The van der Waals surface area contributed by atoms with Gasteiger partial charge in [0.15, 0.2) is 0 Å². The van der Waals surface area contributed by atoms with Gasteiger partial charge in [0.05, 0.1) is 6.61 Å². The highest BCUT2D eigenvalue weighted by atomic mass is 79.9. The zero-order chi connectivity index (χ0) is 15.7. The molecule has 114 valence electrons. The van der Waals surface area contributed by atoms with E-state index in [-0.39, 0.29) is 18.3 Å². The maximum atomic E-state index is 13.4. The van der Waals surface area contributed by atoms with Crippen LogP contribution in [0, 0.1) is 5.82 Å². The highest BCUT2D eigenvalue weighted by Crippen LogP contribution is 2.16. The first-order chi connectivity index (χ1) is 10.0. The Labute approximate surface area is 131 Å².